The summed E-state index contributed by atoms with van der Waals surface area (Å²) in [6.45, 7) is 1.53. The van der Waals surface area contributed by atoms with Gasteiger partial charge in [-0.25, -0.2) is 8.42 Å². The molecule has 0 spiro atoms. The van der Waals surface area contributed by atoms with E-state index >= 15 is 0 Å². The minimum absolute atomic E-state index is 0.0639. The maximum absolute atomic E-state index is 12.6. The van der Waals surface area contributed by atoms with E-state index in [1.54, 1.807) is 29.2 Å². The number of carbonyl (C=O) groups is 1. The molecule has 0 atom stereocenters. The zero-order valence-electron chi connectivity index (χ0n) is 12.7. The molecule has 1 amide bonds. The lowest BCUT2D eigenvalue weighted by molar-refractivity contribution is -0.129. The standard InChI is InChI=1S/C14H20N2O4S2/c1-20-12-3-5-13(6-4-12)22(18,19)16-9-7-15(8-10-16)14(17)11-21-2/h3-6H,7-11H2,1-2H3. The first-order valence-corrected chi connectivity index (χ1v) is 9.73. The Morgan fingerprint density at radius 2 is 1.77 bits per heavy atom. The van der Waals surface area contributed by atoms with Gasteiger partial charge in [-0.2, -0.15) is 16.1 Å². The third-order valence-corrected chi connectivity index (χ3v) is 6.00. The zero-order valence-corrected chi connectivity index (χ0v) is 14.3. The highest BCUT2D eigenvalue weighted by atomic mass is 32.2. The van der Waals surface area contributed by atoms with Gasteiger partial charge >= 0.3 is 0 Å². The Bertz CT molecular complexity index is 608. The van der Waals surface area contributed by atoms with Crippen LogP contribution in [0.15, 0.2) is 29.2 Å². The molecule has 0 bridgehead atoms. The second kappa shape index (κ2) is 7.34. The van der Waals surface area contributed by atoms with Gasteiger partial charge in [-0.15, -0.1) is 0 Å². The number of benzene rings is 1. The summed E-state index contributed by atoms with van der Waals surface area (Å²) in [5.74, 6) is 1.12. The van der Waals surface area contributed by atoms with Crippen LogP contribution in [0.1, 0.15) is 0 Å². The minimum atomic E-state index is -3.51. The van der Waals surface area contributed by atoms with Crippen molar-refractivity contribution in [1.29, 1.82) is 0 Å². The van der Waals surface area contributed by atoms with Gasteiger partial charge in [0.05, 0.1) is 17.8 Å². The van der Waals surface area contributed by atoms with E-state index in [-0.39, 0.29) is 10.8 Å². The van der Waals surface area contributed by atoms with Crippen molar-refractivity contribution in [2.24, 2.45) is 0 Å². The van der Waals surface area contributed by atoms with E-state index in [1.807, 2.05) is 6.26 Å². The van der Waals surface area contributed by atoms with Crippen LogP contribution in [-0.2, 0) is 14.8 Å². The maximum Gasteiger partial charge on any atom is 0.243 e. The number of piperazine rings is 1. The van der Waals surface area contributed by atoms with Crippen molar-refractivity contribution in [3.8, 4) is 5.75 Å². The predicted molar refractivity (Wildman–Crippen MR) is 86.7 cm³/mol. The van der Waals surface area contributed by atoms with Gasteiger partial charge in [0.2, 0.25) is 15.9 Å². The number of amides is 1. The first-order valence-electron chi connectivity index (χ1n) is 6.90. The van der Waals surface area contributed by atoms with Gasteiger partial charge in [0.25, 0.3) is 0 Å². The highest BCUT2D eigenvalue weighted by molar-refractivity contribution is 7.99. The van der Waals surface area contributed by atoms with Crippen LogP contribution in [0.4, 0.5) is 0 Å². The van der Waals surface area contributed by atoms with Gasteiger partial charge in [0.15, 0.2) is 0 Å². The van der Waals surface area contributed by atoms with Crippen LogP contribution in [0.3, 0.4) is 0 Å². The summed E-state index contributed by atoms with van der Waals surface area (Å²) in [7, 11) is -1.98. The number of hydrogen-bond acceptors (Lipinski definition) is 5. The van der Waals surface area contributed by atoms with Gasteiger partial charge in [0.1, 0.15) is 5.75 Å². The molecule has 0 saturated carbocycles. The topological polar surface area (TPSA) is 66.9 Å². The first-order chi connectivity index (χ1) is 10.5. The van der Waals surface area contributed by atoms with Gasteiger partial charge in [-0.1, -0.05) is 0 Å². The molecule has 1 heterocycles. The summed E-state index contributed by atoms with van der Waals surface area (Å²) in [5.41, 5.74) is 0. The van der Waals surface area contributed by atoms with Crippen LogP contribution in [0.2, 0.25) is 0 Å². The van der Waals surface area contributed by atoms with Gasteiger partial charge in [-0.05, 0) is 30.5 Å². The summed E-state index contributed by atoms with van der Waals surface area (Å²) in [6.07, 6.45) is 1.88. The van der Waals surface area contributed by atoms with Crippen molar-refractivity contribution in [3.63, 3.8) is 0 Å². The van der Waals surface area contributed by atoms with E-state index in [9.17, 15) is 13.2 Å². The monoisotopic (exact) mass is 344 g/mol. The minimum Gasteiger partial charge on any atom is -0.497 e. The lowest BCUT2D eigenvalue weighted by Crippen LogP contribution is -2.50. The SMILES string of the molecule is COc1ccc(S(=O)(=O)N2CCN(C(=O)CSC)CC2)cc1. The Labute approximate surface area is 135 Å². The molecule has 0 radical (unpaired) electrons. The van der Waals surface area contributed by atoms with Gasteiger partial charge in [-0.3, -0.25) is 4.79 Å². The lowest BCUT2D eigenvalue weighted by atomic mass is 10.3. The normalized spacial score (nSPS) is 16.5. The number of methoxy groups -OCH3 is 1. The molecule has 1 aromatic rings. The number of carbonyl (C=O) groups excluding carboxylic acids is 1. The second-order valence-electron chi connectivity index (χ2n) is 4.89. The fourth-order valence-electron chi connectivity index (χ4n) is 2.29. The largest absolute Gasteiger partial charge is 0.497 e. The Kier molecular flexibility index (Phi) is 5.71. The van der Waals surface area contributed by atoms with Crippen molar-refractivity contribution in [1.82, 2.24) is 9.21 Å². The van der Waals surface area contributed by atoms with Crippen LogP contribution in [0, 0.1) is 0 Å². The molecule has 0 aliphatic carbocycles. The lowest BCUT2D eigenvalue weighted by Gasteiger charge is -2.34. The molecule has 8 heteroatoms. The Hall–Kier alpha value is -1.25. The Morgan fingerprint density at radius 1 is 1.18 bits per heavy atom. The number of ether oxygens (including phenoxy) is 1. The van der Waals surface area contributed by atoms with E-state index in [2.05, 4.69) is 0 Å². The summed E-state index contributed by atoms with van der Waals surface area (Å²) < 4.78 is 31.6. The molecule has 1 aromatic carbocycles. The molecule has 1 saturated heterocycles. The van der Waals surface area contributed by atoms with E-state index in [4.69, 9.17) is 4.74 Å². The summed E-state index contributed by atoms with van der Waals surface area (Å²) in [4.78, 5) is 13.8. The molecule has 2 rings (SSSR count). The van der Waals surface area contributed by atoms with Crippen LogP contribution in [0.5, 0.6) is 5.75 Å². The fourth-order valence-corrected chi connectivity index (χ4v) is 4.14. The average Bonchev–Trinajstić information content (AvgIpc) is 2.55. The molecule has 1 aliphatic rings. The molecule has 0 aromatic heterocycles. The van der Waals surface area contributed by atoms with Crippen LogP contribution in [0.25, 0.3) is 0 Å². The van der Waals surface area contributed by atoms with E-state index < -0.39 is 10.0 Å². The van der Waals surface area contributed by atoms with Crippen molar-refractivity contribution in [3.05, 3.63) is 24.3 Å². The number of nitrogens with zero attached hydrogens (tertiary/aromatic N) is 2. The van der Waals surface area contributed by atoms with Crippen molar-refractivity contribution >= 4 is 27.7 Å². The smallest absolute Gasteiger partial charge is 0.243 e. The molecule has 22 heavy (non-hydrogen) atoms. The van der Waals surface area contributed by atoms with Crippen molar-refractivity contribution < 1.29 is 17.9 Å². The van der Waals surface area contributed by atoms with E-state index in [0.717, 1.165) is 0 Å². The van der Waals surface area contributed by atoms with Crippen molar-refractivity contribution in [2.75, 3.05) is 45.3 Å². The molecule has 1 fully saturated rings. The quantitative estimate of drug-likeness (QED) is 0.794. The average molecular weight is 344 g/mol. The van der Waals surface area contributed by atoms with Crippen LogP contribution < -0.4 is 4.74 Å². The second-order valence-corrected chi connectivity index (χ2v) is 7.70. The summed E-state index contributed by atoms with van der Waals surface area (Å²) >= 11 is 1.48. The number of sulfonamides is 1. The third-order valence-electron chi connectivity index (χ3n) is 3.56. The zero-order chi connectivity index (χ0) is 16.2. The predicted octanol–water partition coefficient (Wildman–Crippen LogP) is 0.891. The highest BCUT2D eigenvalue weighted by Gasteiger charge is 2.29. The summed E-state index contributed by atoms with van der Waals surface area (Å²) in [6, 6.07) is 6.34. The molecule has 0 N–H and O–H groups in total. The Morgan fingerprint density at radius 3 is 2.27 bits per heavy atom. The molecule has 6 nitrogen and oxygen atoms in total. The highest BCUT2D eigenvalue weighted by Crippen LogP contribution is 2.20. The van der Waals surface area contributed by atoms with Crippen LogP contribution >= 0.6 is 11.8 Å². The molecule has 122 valence electrons. The fraction of sp³-hybridized carbons (Fsp3) is 0.500. The molecular weight excluding hydrogens is 324 g/mol. The van der Waals surface area contributed by atoms with Crippen molar-refractivity contribution in [2.45, 2.75) is 4.90 Å². The Balaban J connectivity index is 2.04. The van der Waals surface area contributed by atoms with E-state index in [0.29, 0.717) is 37.7 Å². The maximum atomic E-state index is 12.6. The third kappa shape index (κ3) is 3.74. The number of hydrogen-bond donors (Lipinski definition) is 0. The summed E-state index contributed by atoms with van der Waals surface area (Å²) in [5, 5.41) is 0. The number of thioether (sulfide) groups is 1. The number of rotatable bonds is 5. The van der Waals surface area contributed by atoms with Crippen LogP contribution in [-0.4, -0.2) is 68.8 Å². The van der Waals surface area contributed by atoms with E-state index in [1.165, 1.54) is 23.2 Å². The van der Waals surface area contributed by atoms with Gasteiger partial charge in [0, 0.05) is 26.2 Å². The molecule has 1 aliphatic heterocycles. The molecular formula is C14H20N2O4S2. The van der Waals surface area contributed by atoms with Gasteiger partial charge < -0.3 is 9.64 Å². The molecule has 0 unspecified atom stereocenters. The first kappa shape index (κ1) is 17.1.